The number of hydrogen-bond acceptors (Lipinski definition) is 3. The van der Waals surface area contributed by atoms with Crippen molar-refractivity contribution in [1.29, 1.82) is 0 Å². The summed E-state index contributed by atoms with van der Waals surface area (Å²) in [7, 11) is 0. The van der Waals surface area contributed by atoms with Gasteiger partial charge in [0.25, 0.3) is 0 Å². The van der Waals surface area contributed by atoms with Gasteiger partial charge in [-0.25, -0.2) is 0 Å². The molecule has 0 aliphatic carbocycles. The van der Waals surface area contributed by atoms with Crippen LogP contribution in [0.25, 0.3) is 0 Å². The molecule has 0 spiro atoms. The van der Waals surface area contributed by atoms with Gasteiger partial charge in [0.2, 0.25) is 5.91 Å². The van der Waals surface area contributed by atoms with E-state index in [-0.39, 0.29) is 24.0 Å². The maximum absolute atomic E-state index is 11.7. The monoisotopic (exact) mass is 275 g/mol. The van der Waals surface area contributed by atoms with Crippen LogP contribution in [0.3, 0.4) is 0 Å². The molecular formula is C16H25N3O. The minimum atomic E-state index is -0.234. The highest BCUT2D eigenvalue weighted by Crippen LogP contribution is 2.30. The Hall–Kier alpha value is -1.39. The van der Waals surface area contributed by atoms with Crippen LogP contribution in [0.1, 0.15) is 43.4 Å². The number of amides is 1. The molecule has 1 aliphatic heterocycles. The molecule has 0 saturated carbocycles. The average Bonchev–Trinajstić information content (AvgIpc) is 2.41. The molecule has 1 heterocycles. The number of piperidine rings is 1. The number of benzene rings is 1. The molecule has 1 aromatic rings. The zero-order chi connectivity index (χ0) is 14.7. The zero-order valence-corrected chi connectivity index (χ0v) is 12.4. The number of rotatable bonds is 4. The van der Waals surface area contributed by atoms with Gasteiger partial charge in [-0.15, -0.1) is 0 Å². The van der Waals surface area contributed by atoms with E-state index in [1.54, 1.807) is 0 Å². The summed E-state index contributed by atoms with van der Waals surface area (Å²) in [5.74, 6) is -0.234. The summed E-state index contributed by atoms with van der Waals surface area (Å²) < 4.78 is 0. The van der Waals surface area contributed by atoms with Crippen molar-refractivity contribution in [3.8, 4) is 0 Å². The van der Waals surface area contributed by atoms with Gasteiger partial charge in [0.05, 0.1) is 12.1 Å². The Bertz CT molecular complexity index is 455. The highest BCUT2D eigenvalue weighted by Gasteiger charge is 2.34. The molecule has 4 nitrogen and oxygen atoms in total. The van der Waals surface area contributed by atoms with Crippen LogP contribution in [-0.4, -0.2) is 29.4 Å². The van der Waals surface area contributed by atoms with Gasteiger partial charge < -0.3 is 11.5 Å². The summed E-state index contributed by atoms with van der Waals surface area (Å²) in [5.41, 5.74) is 14.2. The third-order valence-corrected chi connectivity index (χ3v) is 4.15. The molecule has 0 bridgehead atoms. The number of hydrogen-bond donors (Lipinski definition) is 2. The van der Waals surface area contributed by atoms with E-state index in [1.165, 1.54) is 11.1 Å². The zero-order valence-electron chi connectivity index (χ0n) is 12.4. The van der Waals surface area contributed by atoms with Gasteiger partial charge in [0.15, 0.2) is 0 Å². The van der Waals surface area contributed by atoms with E-state index < -0.39 is 0 Å². The Morgan fingerprint density at radius 1 is 1.30 bits per heavy atom. The number of primary amides is 1. The average molecular weight is 275 g/mol. The van der Waals surface area contributed by atoms with Crippen LogP contribution in [0.15, 0.2) is 24.3 Å². The van der Waals surface area contributed by atoms with Crippen LogP contribution in [0, 0.1) is 6.92 Å². The van der Waals surface area contributed by atoms with Crippen molar-refractivity contribution in [2.45, 2.75) is 51.2 Å². The molecule has 20 heavy (non-hydrogen) atoms. The summed E-state index contributed by atoms with van der Waals surface area (Å²) in [6.07, 6.45) is 2.99. The second-order valence-corrected chi connectivity index (χ2v) is 5.87. The van der Waals surface area contributed by atoms with E-state index in [2.05, 4.69) is 36.1 Å². The first-order valence-corrected chi connectivity index (χ1v) is 7.38. The Morgan fingerprint density at radius 2 is 1.95 bits per heavy atom. The topological polar surface area (TPSA) is 72.3 Å². The number of nitrogens with zero attached hydrogens (tertiary/aromatic N) is 1. The largest absolute Gasteiger partial charge is 0.368 e. The number of nitrogens with two attached hydrogens (primary N) is 2. The van der Waals surface area contributed by atoms with Gasteiger partial charge in [-0.3, -0.25) is 9.69 Å². The van der Waals surface area contributed by atoms with Crippen molar-refractivity contribution in [1.82, 2.24) is 4.90 Å². The van der Waals surface area contributed by atoms with Crippen molar-refractivity contribution >= 4 is 5.91 Å². The fraction of sp³-hybridized carbons (Fsp3) is 0.562. The second kappa shape index (κ2) is 6.37. The van der Waals surface area contributed by atoms with Crippen LogP contribution in [0.4, 0.5) is 0 Å². The summed E-state index contributed by atoms with van der Waals surface area (Å²) >= 11 is 0. The van der Waals surface area contributed by atoms with Gasteiger partial charge in [0, 0.05) is 6.04 Å². The normalized spacial score (nSPS) is 23.2. The van der Waals surface area contributed by atoms with Gasteiger partial charge in [0.1, 0.15) is 0 Å². The number of likely N-dealkylation sites (tertiary alicyclic amines) is 1. The third-order valence-electron chi connectivity index (χ3n) is 4.15. The minimum Gasteiger partial charge on any atom is -0.368 e. The SMILES string of the molecule is Cc1ccc(C(C(C)N)N2CCCCC2C(N)=O)cc1. The Kier molecular flexibility index (Phi) is 4.78. The van der Waals surface area contributed by atoms with E-state index in [4.69, 9.17) is 11.5 Å². The van der Waals surface area contributed by atoms with Crippen LogP contribution in [0.2, 0.25) is 0 Å². The number of aryl methyl sites for hydroxylation is 1. The van der Waals surface area contributed by atoms with Crippen molar-refractivity contribution < 1.29 is 4.79 Å². The molecule has 1 aliphatic rings. The third kappa shape index (κ3) is 3.19. The highest BCUT2D eigenvalue weighted by molar-refractivity contribution is 5.80. The standard InChI is InChI=1S/C16H25N3O/c1-11-6-8-13(9-7-11)15(12(2)17)19-10-4-3-5-14(19)16(18)20/h6-9,12,14-15H,3-5,10,17H2,1-2H3,(H2,18,20). The first kappa shape index (κ1) is 15.0. The predicted molar refractivity (Wildman–Crippen MR) is 81.1 cm³/mol. The maximum Gasteiger partial charge on any atom is 0.234 e. The number of carbonyl (C=O) groups is 1. The van der Waals surface area contributed by atoms with E-state index in [9.17, 15) is 4.79 Å². The molecular weight excluding hydrogens is 250 g/mol. The Balaban J connectivity index is 2.31. The fourth-order valence-corrected chi connectivity index (χ4v) is 3.15. The summed E-state index contributed by atoms with van der Waals surface area (Å²) in [5, 5.41) is 0. The first-order valence-electron chi connectivity index (χ1n) is 7.38. The lowest BCUT2D eigenvalue weighted by atomic mass is 9.92. The van der Waals surface area contributed by atoms with Crippen molar-refractivity contribution in [2.75, 3.05) is 6.54 Å². The quantitative estimate of drug-likeness (QED) is 0.879. The van der Waals surface area contributed by atoms with Crippen molar-refractivity contribution in [2.24, 2.45) is 11.5 Å². The fourth-order valence-electron chi connectivity index (χ4n) is 3.15. The molecule has 3 unspecified atom stereocenters. The Morgan fingerprint density at radius 3 is 2.50 bits per heavy atom. The molecule has 4 heteroatoms. The second-order valence-electron chi connectivity index (χ2n) is 5.87. The molecule has 1 amide bonds. The van der Waals surface area contributed by atoms with E-state index in [1.807, 2.05) is 6.92 Å². The molecule has 110 valence electrons. The molecule has 4 N–H and O–H groups in total. The van der Waals surface area contributed by atoms with E-state index in [0.29, 0.717) is 0 Å². The molecule has 2 rings (SSSR count). The van der Waals surface area contributed by atoms with Crippen LogP contribution >= 0.6 is 0 Å². The first-order chi connectivity index (χ1) is 9.50. The smallest absolute Gasteiger partial charge is 0.234 e. The van der Waals surface area contributed by atoms with Gasteiger partial charge in [-0.1, -0.05) is 36.2 Å². The van der Waals surface area contributed by atoms with E-state index >= 15 is 0 Å². The lowest BCUT2D eigenvalue weighted by molar-refractivity contribution is -0.125. The lowest BCUT2D eigenvalue weighted by Crippen LogP contribution is -2.52. The Labute approximate surface area is 121 Å². The van der Waals surface area contributed by atoms with Crippen LogP contribution < -0.4 is 11.5 Å². The molecule has 0 aromatic heterocycles. The molecule has 1 fully saturated rings. The van der Waals surface area contributed by atoms with Crippen LogP contribution in [-0.2, 0) is 4.79 Å². The molecule has 3 atom stereocenters. The van der Waals surface area contributed by atoms with Gasteiger partial charge in [-0.2, -0.15) is 0 Å². The predicted octanol–water partition coefficient (Wildman–Crippen LogP) is 1.72. The summed E-state index contributed by atoms with van der Waals surface area (Å²) in [4.78, 5) is 13.9. The highest BCUT2D eigenvalue weighted by atomic mass is 16.1. The minimum absolute atomic E-state index is 0.0438. The van der Waals surface area contributed by atoms with Gasteiger partial charge in [-0.05, 0) is 38.8 Å². The molecule has 0 radical (unpaired) electrons. The molecule has 1 aromatic carbocycles. The van der Waals surface area contributed by atoms with Crippen molar-refractivity contribution in [3.63, 3.8) is 0 Å². The van der Waals surface area contributed by atoms with E-state index in [0.717, 1.165) is 25.8 Å². The summed E-state index contributed by atoms with van der Waals surface area (Å²) in [6, 6.07) is 8.21. The van der Waals surface area contributed by atoms with Crippen molar-refractivity contribution in [3.05, 3.63) is 35.4 Å². The van der Waals surface area contributed by atoms with Crippen LogP contribution in [0.5, 0.6) is 0 Å². The maximum atomic E-state index is 11.7. The number of carbonyl (C=O) groups excluding carboxylic acids is 1. The van der Waals surface area contributed by atoms with Gasteiger partial charge >= 0.3 is 0 Å². The lowest BCUT2D eigenvalue weighted by Gasteiger charge is -2.41. The summed E-state index contributed by atoms with van der Waals surface area (Å²) in [6.45, 7) is 4.95. The molecule has 1 saturated heterocycles.